The van der Waals surface area contributed by atoms with Gasteiger partial charge in [0.25, 0.3) is 6.43 Å². The average Bonchev–Trinajstić information content (AvgIpc) is 2.31. The normalized spacial score (nSPS) is 14.9. The molecule has 1 atom stereocenters. The highest BCUT2D eigenvalue weighted by atomic mass is 19.3. The highest BCUT2D eigenvalue weighted by Gasteiger charge is 2.33. The molecule has 20 heavy (non-hydrogen) atoms. The molecule has 0 aliphatic rings. The van der Waals surface area contributed by atoms with E-state index in [0.717, 1.165) is 12.8 Å². The van der Waals surface area contributed by atoms with Crippen LogP contribution in [0.25, 0.3) is 0 Å². The topological polar surface area (TPSA) is 41.6 Å². The van der Waals surface area contributed by atoms with Crippen molar-refractivity contribution >= 4 is 5.97 Å². The molecule has 0 fully saturated rings. The molecule has 0 aromatic carbocycles. The summed E-state index contributed by atoms with van der Waals surface area (Å²) >= 11 is 0. The summed E-state index contributed by atoms with van der Waals surface area (Å²) in [7, 11) is 3.05. The molecule has 0 amide bonds. The summed E-state index contributed by atoms with van der Waals surface area (Å²) in [6, 6.07) is 0.167. The first kappa shape index (κ1) is 19.2. The lowest BCUT2D eigenvalue weighted by atomic mass is 9.93. The van der Waals surface area contributed by atoms with E-state index in [0.29, 0.717) is 13.0 Å². The van der Waals surface area contributed by atoms with Gasteiger partial charge in [-0.2, -0.15) is 0 Å². The molecule has 4 nitrogen and oxygen atoms in total. The first-order valence-corrected chi connectivity index (χ1v) is 7.04. The predicted molar refractivity (Wildman–Crippen MR) is 76.0 cm³/mol. The fourth-order valence-electron chi connectivity index (χ4n) is 2.28. The van der Waals surface area contributed by atoms with Gasteiger partial charge in [0, 0.05) is 6.04 Å². The highest BCUT2D eigenvalue weighted by molar-refractivity contribution is 5.80. The Hall–Kier alpha value is -0.750. The lowest BCUT2D eigenvalue weighted by Gasteiger charge is -2.30. The van der Waals surface area contributed by atoms with Crippen molar-refractivity contribution in [3.05, 3.63) is 0 Å². The Labute approximate surface area is 120 Å². The maximum atomic E-state index is 12.2. The summed E-state index contributed by atoms with van der Waals surface area (Å²) in [4.78, 5) is 13.5. The van der Waals surface area contributed by atoms with E-state index in [9.17, 15) is 13.6 Å². The van der Waals surface area contributed by atoms with Gasteiger partial charge >= 0.3 is 5.97 Å². The van der Waals surface area contributed by atoms with Gasteiger partial charge in [-0.1, -0.05) is 0 Å². The zero-order valence-corrected chi connectivity index (χ0v) is 13.2. The molecule has 0 spiro atoms. The van der Waals surface area contributed by atoms with Crippen LogP contribution in [-0.2, 0) is 9.53 Å². The maximum absolute atomic E-state index is 12.2. The molecule has 0 aromatic rings. The molecule has 0 saturated heterocycles. The second-order valence-corrected chi connectivity index (χ2v) is 5.73. The fourth-order valence-corrected chi connectivity index (χ4v) is 2.28. The number of carbonyl (C=O) groups is 1. The van der Waals surface area contributed by atoms with Crippen LogP contribution >= 0.6 is 0 Å². The van der Waals surface area contributed by atoms with Gasteiger partial charge in [0.1, 0.15) is 5.54 Å². The number of halogens is 2. The van der Waals surface area contributed by atoms with Crippen molar-refractivity contribution in [2.75, 3.05) is 27.2 Å². The number of methoxy groups -OCH3 is 1. The first-order chi connectivity index (χ1) is 9.21. The van der Waals surface area contributed by atoms with E-state index in [2.05, 4.69) is 5.32 Å². The molecule has 1 unspecified atom stereocenters. The third-order valence-corrected chi connectivity index (χ3v) is 3.16. The second-order valence-electron chi connectivity index (χ2n) is 5.73. The van der Waals surface area contributed by atoms with Crippen LogP contribution in [-0.4, -0.2) is 56.1 Å². The zero-order chi connectivity index (χ0) is 15.8. The summed E-state index contributed by atoms with van der Waals surface area (Å²) in [5.41, 5.74) is -0.718. The van der Waals surface area contributed by atoms with Crippen molar-refractivity contribution < 1.29 is 18.3 Å². The number of hydrogen-bond donors (Lipinski definition) is 1. The van der Waals surface area contributed by atoms with Crippen LogP contribution in [0.1, 0.15) is 40.0 Å². The molecule has 0 heterocycles. The number of nitrogens with zero attached hydrogens (tertiary/aromatic N) is 1. The molecule has 120 valence electrons. The Morgan fingerprint density at radius 1 is 1.35 bits per heavy atom. The van der Waals surface area contributed by atoms with E-state index in [1.807, 2.05) is 20.8 Å². The molecule has 0 aliphatic heterocycles. The zero-order valence-electron chi connectivity index (χ0n) is 13.2. The van der Waals surface area contributed by atoms with Crippen LogP contribution in [0.15, 0.2) is 0 Å². The largest absolute Gasteiger partial charge is 0.468 e. The van der Waals surface area contributed by atoms with E-state index in [4.69, 9.17) is 4.74 Å². The molecular weight excluding hydrogens is 266 g/mol. The van der Waals surface area contributed by atoms with E-state index in [1.165, 1.54) is 7.11 Å². The molecule has 1 N–H and O–H groups in total. The summed E-state index contributed by atoms with van der Waals surface area (Å²) in [5.74, 6) is -0.285. The van der Waals surface area contributed by atoms with E-state index < -0.39 is 12.0 Å². The molecule has 6 heteroatoms. The van der Waals surface area contributed by atoms with Crippen LogP contribution in [0.4, 0.5) is 8.78 Å². The van der Waals surface area contributed by atoms with Gasteiger partial charge < -0.3 is 9.64 Å². The Morgan fingerprint density at radius 3 is 2.40 bits per heavy atom. The Kier molecular flexibility index (Phi) is 8.89. The van der Waals surface area contributed by atoms with E-state index in [1.54, 1.807) is 11.9 Å². The Balaban J connectivity index is 4.18. The van der Waals surface area contributed by atoms with Gasteiger partial charge in [-0.15, -0.1) is 0 Å². The number of alkyl halides is 2. The lowest BCUT2D eigenvalue weighted by Crippen LogP contribution is -2.53. The van der Waals surface area contributed by atoms with Crippen molar-refractivity contribution in [1.82, 2.24) is 10.2 Å². The van der Waals surface area contributed by atoms with Gasteiger partial charge in [0.15, 0.2) is 0 Å². The lowest BCUT2D eigenvalue weighted by molar-refractivity contribution is -0.148. The van der Waals surface area contributed by atoms with Gasteiger partial charge in [0.2, 0.25) is 0 Å². The van der Waals surface area contributed by atoms with Crippen LogP contribution in [0.5, 0.6) is 0 Å². The molecule has 0 saturated carbocycles. The minimum Gasteiger partial charge on any atom is -0.468 e. The monoisotopic (exact) mass is 294 g/mol. The van der Waals surface area contributed by atoms with Crippen molar-refractivity contribution in [2.45, 2.75) is 58.0 Å². The molecule has 0 aliphatic carbocycles. The molecule has 0 radical (unpaired) electrons. The highest BCUT2D eigenvalue weighted by Crippen LogP contribution is 2.17. The fraction of sp³-hybridized carbons (Fsp3) is 0.929. The van der Waals surface area contributed by atoms with Crippen molar-refractivity contribution in [1.29, 1.82) is 0 Å². The number of rotatable bonds is 10. The van der Waals surface area contributed by atoms with Gasteiger partial charge in [-0.05, 0) is 53.6 Å². The third-order valence-electron chi connectivity index (χ3n) is 3.16. The summed E-state index contributed by atoms with van der Waals surface area (Å²) < 4.78 is 29.2. The minimum absolute atomic E-state index is 0.167. The predicted octanol–water partition coefficient (Wildman–Crippen LogP) is 2.28. The summed E-state index contributed by atoms with van der Waals surface area (Å²) in [6.07, 6.45) is -0.127. The number of ether oxygens (including phenoxy) is 1. The van der Waals surface area contributed by atoms with Crippen LogP contribution in [0.3, 0.4) is 0 Å². The van der Waals surface area contributed by atoms with Gasteiger partial charge in [0.05, 0.1) is 13.7 Å². The third kappa shape index (κ3) is 7.75. The van der Waals surface area contributed by atoms with Crippen LogP contribution in [0, 0.1) is 0 Å². The van der Waals surface area contributed by atoms with Crippen LogP contribution < -0.4 is 5.32 Å². The van der Waals surface area contributed by atoms with Gasteiger partial charge in [-0.25, -0.2) is 8.78 Å². The van der Waals surface area contributed by atoms with Crippen LogP contribution in [0.2, 0.25) is 0 Å². The number of carbonyl (C=O) groups excluding carboxylic acids is 1. The quantitative estimate of drug-likeness (QED) is 0.496. The Morgan fingerprint density at radius 2 is 1.95 bits per heavy atom. The van der Waals surface area contributed by atoms with E-state index in [-0.39, 0.29) is 18.6 Å². The van der Waals surface area contributed by atoms with Crippen molar-refractivity contribution in [2.24, 2.45) is 0 Å². The minimum atomic E-state index is -2.30. The van der Waals surface area contributed by atoms with Crippen molar-refractivity contribution in [3.63, 3.8) is 0 Å². The second kappa shape index (κ2) is 9.23. The Bertz CT molecular complexity index is 288. The van der Waals surface area contributed by atoms with Gasteiger partial charge in [-0.3, -0.25) is 10.1 Å². The molecule has 0 rings (SSSR count). The molecular formula is C14H28F2N2O2. The standard InChI is InChI=1S/C14H28F2N2O2/c1-11(2)17-14(3,13(19)20-5)8-6-7-9-18(4)10-12(15)16/h11-12,17H,6-10H2,1-5H3. The smallest absolute Gasteiger partial charge is 0.325 e. The van der Waals surface area contributed by atoms with Crippen molar-refractivity contribution in [3.8, 4) is 0 Å². The summed E-state index contributed by atoms with van der Waals surface area (Å²) in [5, 5.41) is 3.22. The molecule has 0 aromatic heterocycles. The molecule has 0 bridgehead atoms. The average molecular weight is 294 g/mol. The number of hydrogen-bond acceptors (Lipinski definition) is 4. The number of esters is 1. The van der Waals surface area contributed by atoms with E-state index >= 15 is 0 Å². The first-order valence-electron chi connectivity index (χ1n) is 7.04. The number of nitrogens with one attached hydrogen (secondary N) is 1. The number of unbranched alkanes of at least 4 members (excludes halogenated alkanes) is 1. The SMILES string of the molecule is COC(=O)C(C)(CCCCN(C)CC(F)F)NC(C)C. The summed E-state index contributed by atoms with van der Waals surface area (Å²) in [6.45, 7) is 6.15. The maximum Gasteiger partial charge on any atom is 0.325 e.